The predicted octanol–water partition coefficient (Wildman–Crippen LogP) is 3.48. The van der Waals surface area contributed by atoms with Gasteiger partial charge in [0.1, 0.15) is 0 Å². The maximum atomic E-state index is 12.8. The van der Waals surface area contributed by atoms with Crippen molar-refractivity contribution in [2.45, 2.75) is 56.7 Å². The van der Waals surface area contributed by atoms with E-state index >= 15 is 0 Å². The predicted molar refractivity (Wildman–Crippen MR) is 101 cm³/mol. The number of carbonyl (C=O) groups is 1. The summed E-state index contributed by atoms with van der Waals surface area (Å²) in [7, 11) is 0. The van der Waals surface area contributed by atoms with E-state index in [2.05, 4.69) is 41.0 Å². The number of benzene rings is 2. The first-order valence-electron chi connectivity index (χ1n) is 9.46. The molecule has 25 heavy (non-hydrogen) atoms. The molecule has 1 amide bonds. The van der Waals surface area contributed by atoms with Gasteiger partial charge in [-0.3, -0.25) is 4.79 Å². The lowest BCUT2D eigenvalue weighted by Crippen LogP contribution is -2.48. The van der Waals surface area contributed by atoms with Crippen LogP contribution in [0.2, 0.25) is 0 Å². The maximum Gasteiger partial charge on any atom is 0.251 e. The van der Waals surface area contributed by atoms with Gasteiger partial charge < -0.3 is 10.6 Å². The zero-order valence-corrected chi connectivity index (χ0v) is 14.6. The largest absolute Gasteiger partial charge is 0.349 e. The summed E-state index contributed by atoms with van der Waals surface area (Å²) in [5, 5.41) is 6.93. The Morgan fingerprint density at radius 1 is 0.920 bits per heavy atom. The van der Waals surface area contributed by atoms with Crippen LogP contribution in [-0.2, 0) is 12.8 Å². The fourth-order valence-corrected chi connectivity index (χ4v) is 4.32. The van der Waals surface area contributed by atoms with E-state index in [9.17, 15) is 4.79 Å². The molecule has 0 spiro atoms. The Morgan fingerprint density at radius 2 is 1.60 bits per heavy atom. The minimum atomic E-state index is 0.0926. The Hall–Kier alpha value is -2.13. The summed E-state index contributed by atoms with van der Waals surface area (Å²) >= 11 is 0. The van der Waals surface area contributed by atoms with Gasteiger partial charge in [0.25, 0.3) is 5.91 Å². The van der Waals surface area contributed by atoms with Gasteiger partial charge in [-0.15, -0.1) is 0 Å². The molecular formula is C22H26N2O. The Morgan fingerprint density at radius 3 is 2.36 bits per heavy atom. The highest BCUT2D eigenvalue weighted by Gasteiger charge is 2.34. The van der Waals surface area contributed by atoms with Crippen LogP contribution < -0.4 is 10.6 Å². The van der Waals surface area contributed by atoms with E-state index < -0.39 is 0 Å². The third kappa shape index (κ3) is 3.93. The number of piperidine rings is 1. The van der Waals surface area contributed by atoms with Crippen molar-refractivity contribution < 1.29 is 4.79 Å². The highest BCUT2D eigenvalue weighted by atomic mass is 16.1. The fraction of sp³-hybridized carbons (Fsp3) is 0.409. The van der Waals surface area contributed by atoms with E-state index in [4.69, 9.17) is 0 Å². The van der Waals surface area contributed by atoms with Gasteiger partial charge in [-0.05, 0) is 55.7 Å². The molecule has 2 aliphatic rings. The van der Waals surface area contributed by atoms with Gasteiger partial charge in [-0.25, -0.2) is 0 Å². The van der Waals surface area contributed by atoms with Crippen LogP contribution in [0, 0.1) is 0 Å². The average molecular weight is 334 g/mol. The zero-order valence-electron chi connectivity index (χ0n) is 14.6. The lowest BCUT2D eigenvalue weighted by molar-refractivity contribution is 0.0923. The van der Waals surface area contributed by atoms with Gasteiger partial charge in [0.15, 0.2) is 0 Å². The third-order valence-electron chi connectivity index (χ3n) is 5.60. The molecule has 2 heterocycles. The second-order valence-corrected chi connectivity index (χ2v) is 7.42. The van der Waals surface area contributed by atoms with Crippen molar-refractivity contribution in [3.05, 3.63) is 71.3 Å². The van der Waals surface area contributed by atoms with Crippen molar-refractivity contribution in [3.8, 4) is 0 Å². The quantitative estimate of drug-likeness (QED) is 0.879. The van der Waals surface area contributed by atoms with E-state index in [1.165, 1.54) is 18.4 Å². The molecular weight excluding hydrogens is 308 g/mol. The third-order valence-corrected chi connectivity index (χ3v) is 5.60. The second-order valence-electron chi connectivity index (χ2n) is 7.42. The number of hydrogen-bond acceptors (Lipinski definition) is 2. The first-order chi connectivity index (χ1) is 12.3. The first kappa shape index (κ1) is 16.3. The van der Waals surface area contributed by atoms with Gasteiger partial charge in [-0.2, -0.15) is 0 Å². The van der Waals surface area contributed by atoms with Crippen LogP contribution in [0.5, 0.6) is 0 Å². The van der Waals surface area contributed by atoms with Crippen molar-refractivity contribution in [3.63, 3.8) is 0 Å². The Labute approximate surface area is 149 Å². The average Bonchev–Trinajstić information content (AvgIpc) is 2.99. The van der Waals surface area contributed by atoms with Crippen LogP contribution in [0.3, 0.4) is 0 Å². The molecule has 4 rings (SSSR count). The van der Waals surface area contributed by atoms with Crippen molar-refractivity contribution in [2.24, 2.45) is 0 Å². The van der Waals surface area contributed by atoms with Crippen molar-refractivity contribution in [1.29, 1.82) is 0 Å². The molecule has 2 atom stereocenters. The number of fused-ring (bicyclic) bond motifs is 2. The molecule has 2 saturated heterocycles. The van der Waals surface area contributed by atoms with Crippen LogP contribution in [0.25, 0.3) is 0 Å². The summed E-state index contributed by atoms with van der Waals surface area (Å²) < 4.78 is 0. The number of amides is 1. The van der Waals surface area contributed by atoms with Crippen LogP contribution in [0.4, 0.5) is 0 Å². The van der Waals surface area contributed by atoms with E-state index in [0.29, 0.717) is 18.1 Å². The standard InChI is InChI=1S/C22H26N2O/c25-22(24-20-14-18-12-13-19(15-20)23-18)21-9-5-4-8-17(21)11-10-16-6-2-1-3-7-16/h1-9,18-20,23H,10-15H2,(H,24,25). The van der Waals surface area contributed by atoms with Crippen molar-refractivity contribution in [2.75, 3.05) is 0 Å². The van der Waals surface area contributed by atoms with E-state index in [1.807, 2.05) is 24.3 Å². The van der Waals surface area contributed by atoms with Gasteiger partial charge in [0.2, 0.25) is 0 Å². The van der Waals surface area contributed by atoms with E-state index in [1.54, 1.807) is 0 Å². The normalized spacial score (nSPS) is 24.9. The zero-order chi connectivity index (χ0) is 17.1. The van der Waals surface area contributed by atoms with Crippen LogP contribution in [0.15, 0.2) is 54.6 Å². The van der Waals surface area contributed by atoms with Gasteiger partial charge in [0, 0.05) is 23.7 Å². The van der Waals surface area contributed by atoms with Gasteiger partial charge >= 0.3 is 0 Å². The smallest absolute Gasteiger partial charge is 0.251 e. The first-order valence-corrected chi connectivity index (χ1v) is 9.46. The van der Waals surface area contributed by atoms with E-state index in [0.717, 1.165) is 36.8 Å². The number of carbonyl (C=O) groups excluding carboxylic acids is 1. The second kappa shape index (κ2) is 7.40. The fourth-order valence-electron chi connectivity index (χ4n) is 4.32. The summed E-state index contributed by atoms with van der Waals surface area (Å²) in [6.45, 7) is 0. The molecule has 2 aliphatic heterocycles. The minimum Gasteiger partial charge on any atom is -0.349 e. The molecule has 2 bridgehead atoms. The number of hydrogen-bond donors (Lipinski definition) is 2. The Bertz CT molecular complexity index is 716. The lowest BCUT2D eigenvalue weighted by atomic mass is 9.97. The highest BCUT2D eigenvalue weighted by Crippen LogP contribution is 2.27. The molecule has 2 aromatic rings. The summed E-state index contributed by atoms with van der Waals surface area (Å²) in [5.74, 6) is 0.0926. The van der Waals surface area contributed by atoms with Crippen LogP contribution in [-0.4, -0.2) is 24.0 Å². The molecule has 0 aromatic heterocycles. The minimum absolute atomic E-state index is 0.0926. The summed E-state index contributed by atoms with van der Waals surface area (Å²) in [4.78, 5) is 12.8. The monoisotopic (exact) mass is 334 g/mol. The molecule has 0 saturated carbocycles. The van der Waals surface area contributed by atoms with E-state index in [-0.39, 0.29) is 5.91 Å². The molecule has 2 N–H and O–H groups in total. The van der Waals surface area contributed by atoms with Crippen molar-refractivity contribution in [1.82, 2.24) is 10.6 Å². The Balaban J connectivity index is 1.42. The molecule has 0 radical (unpaired) electrons. The number of rotatable bonds is 5. The maximum absolute atomic E-state index is 12.8. The molecule has 3 nitrogen and oxygen atoms in total. The molecule has 2 aromatic carbocycles. The molecule has 130 valence electrons. The summed E-state index contributed by atoms with van der Waals surface area (Å²) in [6, 6.07) is 20.0. The molecule has 2 unspecified atom stereocenters. The van der Waals surface area contributed by atoms with Crippen LogP contribution in [0.1, 0.15) is 47.2 Å². The number of nitrogens with one attached hydrogen (secondary N) is 2. The molecule has 0 aliphatic carbocycles. The molecule has 2 fully saturated rings. The SMILES string of the molecule is O=C(NC1CC2CCC(C1)N2)c1ccccc1CCc1ccccc1. The summed E-state index contributed by atoms with van der Waals surface area (Å²) in [6.07, 6.45) is 6.49. The molecule has 3 heteroatoms. The van der Waals surface area contributed by atoms with Crippen LogP contribution >= 0.6 is 0 Å². The highest BCUT2D eigenvalue weighted by molar-refractivity contribution is 5.95. The topological polar surface area (TPSA) is 41.1 Å². The van der Waals surface area contributed by atoms with Gasteiger partial charge in [0.05, 0.1) is 0 Å². The Kier molecular flexibility index (Phi) is 4.84. The van der Waals surface area contributed by atoms with Crippen molar-refractivity contribution >= 4 is 5.91 Å². The lowest BCUT2D eigenvalue weighted by Gasteiger charge is -2.30. The number of aryl methyl sites for hydroxylation is 2. The summed E-state index contributed by atoms with van der Waals surface area (Å²) in [5.41, 5.74) is 3.29. The van der Waals surface area contributed by atoms with Gasteiger partial charge in [-0.1, -0.05) is 48.5 Å².